The van der Waals surface area contributed by atoms with Gasteiger partial charge in [-0.1, -0.05) is 0 Å². The summed E-state index contributed by atoms with van der Waals surface area (Å²) in [6, 6.07) is 2.56. The standard InChI is InChI=1S/C13H16F2N2O2/c1-2-17(8-5-6-16-7-8)10-4-3-9(13(18)19)11(14)12(10)15/h3-4,8,16H,2,5-7H2,1H3,(H,18,19). The van der Waals surface area contributed by atoms with Gasteiger partial charge in [-0.25, -0.2) is 13.6 Å². The molecule has 1 unspecified atom stereocenters. The van der Waals surface area contributed by atoms with Crippen molar-refractivity contribution in [2.24, 2.45) is 0 Å². The van der Waals surface area contributed by atoms with Gasteiger partial charge in [0.25, 0.3) is 0 Å². The molecule has 0 spiro atoms. The third-order valence-electron chi connectivity index (χ3n) is 3.42. The average Bonchev–Trinajstić information content (AvgIpc) is 2.89. The van der Waals surface area contributed by atoms with E-state index in [-0.39, 0.29) is 11.7 Å². The maximum absolute atomic E-state index is 14.0. The summed E-state index contributed by atoms with van der Waals surface area (Å²) in [5.74, 6) is -3.85. The first-order valence-corrected chi connectivity index (χ1v) is 6.25. The van der Waals surface area contributed by atoms with E-state index in [1.54, 1.807) is 4.90 Å². The topological polar surface area (TPSA) is 52.6 Å². The highest BCUT2D eigenvalue weighted by molar-refractivity contribution is 5.88. The van der Waals surface area contributed by atoms with Crippen molar-refractivity contribution in [1.82, 2.24) is 5.32 Å². The quantitative estimate of drug-likeness (QED) is 0.876. The zero-order chi connectivity index (χ0) is 14.0. The first kappa shape index (κ1) is 13.7. The summed E-state index contributed by atoms with van der Waals surface area (Å²) < 4.78 is 27.7. The van der Waals surface area contributed by atoms with Crippen LogP contribution in [0, 0.1) is 11.6 Å². The molecule has 1 aromatic carbocycles. The largest absolute Gasteiger partial charge is 0.478 e. The Labute approximate surface area is 110 Å². The van der Waals surface area contributed by atoms with E-state index in [0.717, 1.165) is 25.6 Å². The summed E-state index contributed by atoms with van der Waals surface area (Å²) in [7, 11) is 0. The number of carboxylic acids is 1. The monoisotopic (exact) mass is 270 g/mol. The molecular weight excluding hydrogens is 254 g/mol. The summed E-state index contributed by atoms with van der Waals surface area (Å²) >= 11 is 0. The molecule has 6 heteroatoms. The number of anilines is 1. The summed E-state index contributed by atoms with van der Waals surface area (Å²) in [6.45, 7) is 3.96. The first-order valence-electron chi connectivity index (χ1n) is 6.25. The van der Waals surface area contributed by atoms with Crippen LogP contribution in [0.2, 0.25) is 0 Å². The molecule has 2 N–H and O–H groups in total. The van der Waals surface area contributed by atoms with Gasteiger partial charge in [-0.2, -0.15) is 0 Å². The summed E-state index contributed by atoms with van der Waals surface area (Å²) in [5, 5.41) is 11.9. The van der Waals surface area contributed by atoms with Crippen LogP contribution < -0.4 is 10.2 Å². The van der Waals surface area contributed by atoms with Crippen molar-refractivity contribution in [3.05, 3.63) is 29.3 Å². The van der Waals surface area contributed by atoms with Gasteiger partial charge in [-0.3, -0.25) is 0 Å². The van der Waals surface area contributed by atoms with E-state index in [0.29, 0.717) is 6.54 Å². The van der Waals surface area contributed by atoms with E-state index in [4.69, 9.17) is 5.11 Å². The van der Waals surface area contributed by atoms with Gasteiger partial charge >= 0.3 is 5.97 Å². The fourth-order valence-corrected chi connectivity index (χ4v) is 2.46. The van der Waals surface area contributed by atoms with E-state index in [1.165, 1.54) is 6.07 Å². The van der Waals surface area contributed by atoms with Crippen molar-refractivity contribution < 1.29 is 18.7 Å². The summed E-state index contributed by atoms with van der Waals surface area (Å²) in [5.41, 5.74) is -0.513. The van der Waals surface area contributed by atoms with Crippen molar-refractivity contribution in [2.75, 3.05) is 24.5 Å². The predicted octanol–water partition coefficient (Wildman–Crippen LogP) is 1.85. The lowest BCUT2D eigenvalue weighted by atomic mass is 10.1. The molecule has 0 radical (unpaired) electrons. The Bertz CT molecular complexity index is 488. The van der Waals surface area contributed by atoms with Crippen LogP contribution in [0.1, 0.15) is 23.7 Å². The number of hydrogen-bond acceptors (Lipinski definition) is 3. The fourth-order valence-electron chi connectivity index (χ4n) is 2.46. The molecule has 1 saturated heterocycles. The highest BCUT2D eigenvalue weighted by Crippen LogP contribution is 2.27. The molecule has 1 aliphatic heterocycles. The third-order valence-corrected chi connectivity index (χ3v) is 3.42. The second kappa shape index (κ2) is 5.52. The van der Waals surface area contributed by atoms with Crippen LogP contribution in [0.15, 0.2) is 12.1 Å². The van der Waals surface area contributed by atoms with E-state index < -0.39 is 23.2 Å². The molecule has 0 amide bonds. The smallest absolute Gasteiger partial charge is 0.338 e. The number of rotatable bonds is 4. The highest BCUT2D eigenvalue weighted by Gasteiger charge is 2.26. The molecule has 1 aliphatic rings. The van der Waals surface area contributed by atoms with E-state index in [9.17, 15) is 13.6 Å². The normalized spacial score (nSPS) is 18.6. The van der Waals surface area contributed by atoms with Crippen LogP contribution in [-0.4, -0.2) is 36.8 Å². The molecule has 1 atom stereocenters. The predicted molar refractivity (Wildman–Crippen MR) is 67.6 cm³/mol. The molecular formula is C13H16F2N2O2. The number of nitrogens with zero attached hydrogens (tertiary/aromatic N) is 1. The number of aromatic carboxylic acids is 1. The second-order valence-corrected chi connectivity index (χ2v) is 4.50. The van der Waals surface area contributed by atoms with Crippen LogP contribution in [-0.2, 0) is 0 Å². The molecule has 104 valence electrons. The Hall–Kier alpha value is -1.69. The van der Waals surface area contributed by atoms with Crippen LogP contribution >= 0.6 is 0 Å². The molecule has 0 bridgehead atoms. The van der Waals surface area contributed by atoms with Crippen LogP contribution in [0.3, 0.4) is 0 Å². The molecule has 0 saturated carbocycles. The van der Waals surface area contributed by atoms with Gasteiger partial charge in [0.05, 0.1) is 11.3 Å². The summed E-state index contributed by atoms with van der Waals surface area (Å²) in [6.07, 6.45) is 0.857. The molecule has 0 aliphatic carbocycles. The SMILES string of the molecule is CCN(c1ccc(C(=O)O)c(F)c1F)C1CCNC1. The lowest BCUT2D eigenvalue weighted by Crippen LogP contribution is -2.37. The van der Waals surface area contributed by atoms with E-state index in [2.05, 4.69) is 5.32 Å². The fraction of sp³-hybridized carbons (Fsp3) is 0.462. The zero-order valence-electron chi connectivity index (χ0n) is 10.6. The average molecular weight is 270 g/mol. The minimum absolute atomic E-state index is 0.106. The summed E-state index contributed by atoms with van der Waals surface area (Å²) in [4.78, 5) is 12.5. The molecule has 4 nitrogen and oxygen atoms in total. The van der Waals surface area contributed by atoms with E-state index >= 15 is 0 Å². The molecule has 19 heavy (non-hydrogen) atoms. The van der Waals surface area contributed by atoms with Gasteiger partial charge in [-0.05, 0) is 32.0 Å². The molecule has 1 aromatic rings. The minimum atomic E-state index is -1.46. The molecule has 0 aromatic heterocycles. The lowest BCUT2D eigenvalue weighted by molar-refractivity contribution is 0.0690. The number of nitrogens with one attached hydrogen (secondary N) is 1. The first-order chi connectivity index (χ1) is 9.06. The van der Waals surface area contributed by atoms with Crippen LogP contribution in [0.4, 0.5) is 14.5 Å². The zero-order valence-corrected chi connectivity index (χ0v) is 10.6. The van der Waals surface area contributed by atoms with Crippen molar-refractivity contribution in [3.63, 3.8) is 0 Å². The van der Waals surface area contributed by atoms with Crippen molar-refractivity contribution >= 4 is 11.7 Å². The van der Waals surface area contributed by atoms with Crippen molar-refractivity contribution in [2.45, 2.75) is 19.4 Å². The van der Waals surface area contributed by atoms with Gasteiger partial charge in [0, 0.05) is 19.1 Å². The van der Waals surface area contributed by atoms with E-state index in [1.807, 2.05) is 6.92 Å². The number of likely N-dealkylation sites (N-methyl/N-ethyl adjacent to an activating group) is 1. The van der Waals surface area contributed by atoms with Gasteiger partial charge in [0.1, 0.15) is 0 Å². The number of hydrogen-bond donors (Lipinski definition) is 2. The maximum atomic E-state index is 14.0. The number of carbonyl (C=O) groups is 1. The van der Waals surface area contributed by atoms with Gasteiger partial charge in [0.2, 0.25) is 0 Å². The third kappa shape index (κ3) is 2.53. The Morgan fingerprint density at radius 2 is 2.21 bits per heavy atom. The van der Waals surface area contributed by atoms with Crippen LogP contribution in [0.5, 0.6) is 0 Å². The second-order valence-electron chi connectivity index (χ2n) is 4.50. The van der Waals surface area contributed by atoms with Crippen molar-refractivity contribution in [1.29, 1.82) is 0 Å². The molecule has 1 heterocycles. The Kier molecular flexibility index (Phi) is 3.99. The van der Waals surface area contributed by atoms with Gasteiger partial charge in [0.15, 0.2) is 11.6 Å². The Morgan fingerprint density at radius 1 is 1.47 bits per heavy atom. The maximum Gasteiger partial charge on any atom is 0.338 e. The highest BCUT2D eigenvalue weighted by atomic mass is 19.2. The minimum Gasteiger partial charge on any atom is -0.478 e. The molecule has 2 rings (SSSR count). The van der Waals surface area contributed by atoms with Crippen LogP contribution in [0.25, 0.3) is 0 Å². The van der Waals surface area contributed by atoms with Gasteiger partial charge in [-0.15, -0.1) is 0 Å². The Balaban J connectivity index is 2.38. The van der Waals surface area contributed by atoms with Crippen molar-refractivity contribution in [3.8, 4) is 0 Å². The number of carboxylic acid groups (broad SMARTS) is 1. The lowest BCUT2D eigenvalue weighted by Gasteiger charge is -2.30. The number of halogens is 2. The number of benzene rings is 1. The Morgan fingerprint density at radius 3 is 2.74 bits per heavy atom. The van der Waals surface area contributed by atoms with Gasteiger partial charge < -0.3 is 15.3 Å². The molecule has 1 fully saturated rings.